The van der Waals surface area contributed by atoms with Crippen LogP contribution in [0.25, 0.3) is 0 Å². The van der Waals surface area contributed by atoms with E-state index in [4.69, 9.17) is 17.1 Å². The third-order valence-corrected chi connectivity index (χ3v) is 5.52. The molecular formula is C16H21N3O3S3. The molecule has 1 heterocycles. The Kier molecular flexibility index (Phi) is 7.42. The van der Waals surface area contributed by atoms with E-state index in [0.29, 0.717) is 12.6 Å². The Hall–Kier alpha value is -1.42. The van der Waals surface area contributed by atoms with Crippen molar-refractivity contribution in [3.05, 3.63) is 47.0 Å². The van der Waals surface area contributed by atoms with E-state index < -0.39 is 10.5 Å². The molecule has 0 spiro atoms. The summed E-state index contributed by atoms with van der Waals surface area (Å²) in [5.41, 5.74) is 2.40. The average molecular weight is 400 g/mol. The molecule has 9 heteroatoms. The first-order valence-electron chi connectivity index (χ1n) is 7.74. The molecule has 0 aromatic heterocycles. The molecule has 2 rings (SSSR count). The molecule has 136 valence electrons. The van der Waals surface area contributed by atoms with Crippen molar-refractivity contribution in [2.24, 2.45) is 4.36 Å². The molecule has 2 atom stereocenters. The lowest BCUT2D eigenvalue weighted by molar-refractivity contribution is -0.0828. The number of benzene rings is 1. The smallest absolute Gasteiger partial charge is 0.318 e. The quantitative estimate of drug-likeness (QED) is 0.535. The molecule has 0 saturated carbocycles. The van der Waals surface area contributed by atoms with Crippen LogP contribution in [0.1, 0.15) is 36.9 Å². The number of hydroxylamine groups is 2. The summed E-state index contributed by atoms with van der Waals surface area (Å²) in [6, 6.07) is 8.73. The first-order valence-corrected chi connectivity index (χ1v) is 10.2. The number of thioether (sulfide) groups is 1. The minimum absolute atomic E-state index is 0.124. The van der Waals surface area contributed by atoms with Gasteiger partial charge in [-0.25, -0.2) is 5.06 Å². The molecular weight excluding hydrogens is 378 g/mol. The second kappa shape index (κ2) is 9.33. The third kappa shape index (κ3) is 5.81. The van der Waals surface area contributed by atoms with E-state index in [1.807, 2.05) is 0 Å². The lowest BCUT2D eigenvalue weighted by atomic mass is 9.97. The highest BCUT2D eigenvalue weighted by molar-refractivity contribution is 8.02. The Balaban J connectivity index is 1.98. The molecule has 0 amide bonds. The van der Waals surface area contributed by atoms with Gasteiger partial charge in [-0.1, -0.05) is 31.2 Å². The van der Waals surface area contributed by atoms with Gasteiger partial charge in [0.25, 0.3) is 0 Å². The molecule has 0 N–H and O–H groups in total. The van der Waals surface area contributed by atoms with Gasteiger partial charge in [0.2, 0.25) is 5.11 Å². The number of hydrogen-bond donors (Lipinski definition) is 0. The van der Waals surface area contributed by atoms with E-state index in [1.54, 1.807) is 18.8 Å². The van der Waals surface area contributed by atoms with E-state index in [-0.39, 0.29) is 11.0 Å². The van der Waals surface area contributed by atoms with Gasteiger partial charge in [-0.2, -0.15) is 8.42 Å². The zero-order valence-corrected chi connectivity index (χ0v) is 16.8. The lowest BCUT2D eigenvalue weighted by Gasteiger charge is -2.25. The van der Waals surface area contributed by atoms with Crippen LogP contribution in [-0.4, -0.2) is 43.0 Å². The second-order valence-electron chi connectivity index (χ2n) is 5.73. The lowest BCUT2D eigenvalue weighted by Crippen LogP contribution is -2.25. The van der Waals surface area contributed by atoms with Crippen molar-refractivity contribution in [2.75, 3.05) is 19.5 Å². The van der Waals surface area contributed by atoms with Gasteiger partial charge in [0, 0.05) is 19.2 Å². The molecule has 0 aliphatic carbocycles. The average Bonchev–Trinajstić information content (AvgIpc) is 3.12. The fourth-order valence-corrected chi connectivity index (χ4v) is 3.64. The van der Waals surface area contributed by atoms with Crippen molar-refractivity contribution in [2.45, 2.75) is 25.8 Å². The van der Waals surface area contributed by atoms with Crippen LogP contribution in [0, 0.1) is 0 Å². The van der Waals surface area contributed by atoms with Gasteiger partial charge in [0.05, 0.1) is 18.5 Å². The molecule has 1 aromatic rings. The molecule has 6 nitrogen and oxygen atoms in total. The highest BCUT2D eigenvalue weighted by atomic mass is 32.2. The fourth-order valence-electron chi connectivity index (χ4n) is 2.35. The first kappa shape index (κ1) is 19.9. The zero-order chi connectivity index (χ0) is 18.4. The van der Waals surface area contributed by atoms with E-state index in [0.717, 1.165) is 11.4 Å². The summed E-state index contributed by atoms with van der Waals surface area (Å²) in [6.07, 6.45) is 2.12. The maximum absolute atomic E-state index is 10.5. The van der Waals surface area contributed by atoms with Crippen LogP contribution < -0.4 is 0 Å². The van der Waals surface area contributed by atoms with Crippen molar-refractivity contribution in [1.82, 2.24) is 9.96 Å². The van der Waals surface area contributed by atoms with Crippen LogP contribution in [0.5, 0.6) is 0 Å². The van der Waals surface area contributed by atoms with Crippen molar-refractivity contribution in [3.63, 3.8) is 0 Å². The first-order chi connectivity index (χ1) is 11.9. The van der Waals surface area contributed by atoms with E-state index in [9.17, 15) is 8.42 Å². The van der Waals surface area contributed by atoms with Crippen LogP contribution in [0.15, 0.2) is 40.2 Å². The van der Waals surface area contributed by atoms with Crippen LogP contribution in [-0.2, 0) is 15.3 Å². The summed E-state index contributed by atoms with van der Waals surface area (Å²) < 4.78 is 24.3. The third-order valence-electron chi connectivity index (χ3n) is 3.97. The summed E-state index contributed by atoms with van der Waals surface area (Å²) in [4.78, 5) is 7.81. The molecule has 2 unspecified atom stereocenters. The van der Waals surface area contributed by atoms with Gasteiger partial charge in [0.1, 0.15) is 0 Å². The topological polar surface area (TPSA) is 62.2 Å². The number of hydrogen-bond acceptors (Lipinski definition) is 6. The zero-order valence-electron chi connectivity index (χ0n) is 14.3. The summed E-state index contributed by atoms with van der Waals surface area (Å²) in [6.45, 7) is 4.61. The Morgan fingerprint density at radius 2 is 2.16 bits per heavy atom. The van der Waals surface area contributed by atoms with Gasteiger partial charge >= 0.3 is 10.5 Å². The van der Waals surface area contributed by atoms with Crippen molar-refractivity contribution < 1.29 is 13.3 Å². The fraction of sp³-hybridized carbons (Fsp3) is 0.438. The van der Waals surface area contributed by atoms with Gasteiger partial charge in [-0.3, -0.25) is 4.84 Å². The van der Waals surface area contributed by atoms with Crippen LogP contribution >= 0.6 is 24.0 Å². The predicted octanol–water partition coefficient (Wildman–Crippen LogP) is 3.54. The molecule has 0 bridgehead atoms. The molecule has 25 heavy (non-hydrogen) atoms. The number of thiocarbonyl (C=S) groups is 1. The van der Waals surface area contributed by atoms with E-state index in [2.05, 4.69) is 59.0 Å². The minimum atomic E-state index is -2.58. The Labute approximate surface area is 159 Å². The van der Waals surface area contributed by atoms with E-state index in [1.165, 1.54) is 10.6 Å². The largest absolute Gasteiger partial charge is 0.361 e. The van der Waals surface area contributed by atoms with Crippen LogP contribution in [0.3, 0.4) is 0 Å². The predicted molar refractivity (Wildman–Crippen MR) is 104 cm³/mol. The highest BCUT2D eigenvalue weighted by Gasteiger charge is 2.17. The van der Waals surface area contributed by atoms with Gasteiger partial charge in [0.15, 0.2) is 0 Å². The normalized spacial score (nSPS) is 15.7. The van der Waals surface area contributed by atoms with Gasteiger partial charge in [-0.15, -0.1) is 16.1 Å². The van der Waals surface area contributed by atoms with Crippen LogP contribution in [0.4, 0.5) is 0 Å². The van der Waals surface area contributed by atoms with Crippen molar-refractivity contribution in [3.8, 4) is 0 Å². The number of rotatable bonds is 6. The molecule has 1 aromatic carbocycles. The van der Waals surface area contributed by atoms with Gasteiger partial charge in [-0.05, 0) is 35.7 Å². The van der Waals surface area contributed by atoms with Gasteiger partial charge < -0.3 is 4.90 Å². The SMILES string of the molecule is CC(CON(C)C(=S)N=S(=O)=O)c1cccc(C(C)N2C=CSC2)c1. The molecule has 0 saturated heterocycles. The Morgan fingerprint density at radius 1 is 1.44 bits per heavy atom. The maximum atomic E-state index is 10.5. The standard InChI is InChI=1S/C16H21N3O3S3/c1-12(10-22-18(3)16(23)17-25(20)21)14-5-4-6-15(9-14)13(2)19-7-8-24-11-19/h4-9,12-13H,10-11H2,1-3H3. The molecule has 1 aliphatic heterocycles. The second-order valence-corrected chi connectivity index (χ2v) is 7.57. The maximum Gasteiger partial charge on any atom is 0.318 e. The Bertz CT molecular complexity index is 772. The van der Waals surface area contributed by atoms with E-state index >= 15 is 0 Å². The summed E-state index contributed by atoms with van der Waals surface area (Å²) in [7, 11) is -1.03. The highest BCUT2D eigenvalue weighted by Crippen LogP contribution is 2.29. The molecule has 0 radical (unpaired) electrons. The van der Waals surface area contributed by atoms with Crippen molar-refractivity contribution in [1.29, 1.82) is 0 Å². The molecule has 1 aliphatic rings. The number of nitrogens with zero attached hydrogens (tertiary/aromatic N) is 3. The summed E-state index contributed by atoms with van der Waals surface area (Å²) in [5, 5.41) is 3.18. The monoisotopic (exact) mass is 399 g/mol. The summed E-state index contributed by atoms with van der Waals surface area (Å²) in [5.74, 6) is 1.09. The summed E-state index contributed by atoms with van der Waals surface area (Å²) >= 11 is 6.65. The minimum Gasteiger partial charge on any atom is -0.361 e. The Morgan fingerprint density at radius 3 is 2.80 bits per heavy atom. The van der Waals surface area contributed by atoms with Crippen LogP contribution in [0.2, 0.25) is 0 Å². The molecule has 0 fully saturated rings. The van der Waals surface area contributed by atoms with Crippen molar-refractivity contribution >= 4 is 39.6 Å².